The molecule has 0 amide bonds. The molecule has 4 heteroatoms. The number of aromatic amines is 1. The van der Waals surface area contributed by atoms with Gasteiger partial charge in [0.2, 0.25) is 0 Å². The molecule has 1 aromatic rings. The van der Waals surface area contributed by atoms with E-state index in [9.17, 15) is 4.79 Å². The van der Waals surface area contributed by atoms with Crippen LogP contribution in [0.5, 0.6) is 0 Å². The van der Waals surface area contributed by atoms with Gasteiger partial charge in [-0.15, -0.1) is 0 Å². The SMILES string of the molecule is Cc1nc(C2CCC(C(C)C)CC2)[nH]c(=O)c1Br. The fraction of sp³-hybridized carbons (Fsp3) is 0.714. The van der Waals surface area contributed by atoms with Crippen molar-refractivity contribution < 1.29 is 0 Å². The summed E-state index contributed by atoms with van der Waals surface area (Å²) >= 11 is 3.26. The van der Waals surface area contributed by atoms with Gasteiger partial charge in [-0.3, -0.25) is 4.79 Å². The zero-order valence-corrected chi connectivity index (χ0v) is 12.9. The average Bonchev–Trinajstić information content (AvgIpc) is 2.35. The molecule has 100 valence electrons. The molecule has 18 heavy (non-hydrogen) atoms. The van der Waals surface area contributed by atoms with Crippen LogP contribution in [0.4, 0.5) is 0 Å². The number of halogens is 1. The molecule has 1 saturated carbocycles. The van der Waals surface area contributed by atoms with Crippen LogP contribution in [0.1, 0.15) is 57.0 Å². The summed E-state index contributed by atoms with van der Waals surface area (Å²) in [6.07, 6.45) is 4.79. The van der Waals surface area contributed by atoms with E-state index in [-0.39, 0.29) is 5.56 Å². The van der Waals surface area contributed by atoms with Gasteiger partial charge >= 0.3 is 0 Å². The second kappa shape index (κ2) is 5.55. The summed E-state index contributed by atoms with van der Waals surface area (Å²) in [5.41, 5.74) is 0.739. The van der Waals surface area contributed by atoms with Crippen LogP contribution in [-0.4, -0.2) is 9.97 Å². The fourth-order valence-electron chi connectivity index (χ4n) is 2.85. The van der Waals surface area contributed by atoms with Gasteiger partial charge in [-0.1, -0.05) is 13.8 Å². The van der Waals surface area contributed by atoms with Crippen molar-refractivity contribution in [2.75, 3.05) is 0 Å². The topological polar surface area (TPSA) is 45.8 Å². The molecule has 1 N–H and O–H groups in total. The smallest absolute Gasteiger partial charge is 0.265 e. The number of aromatic nitrogens is 2. The molecule has 0 unspecified atom stereocenters. The molecule has 0 spiro atoms. The largest absolute Gasteiger partial charge is 0.309 e. The van der Waals surface area contributed by atoms with Gasteiger partial charge in [0, 0.05) is 5.92 Å². The first-order chi connectivity index (χ1) is 8.49. The maximum atomic E-state index is 11.7. The maximum absolute atomic E-state index is 11.7. The van der Waals surface area contributed by atoms with Gasteiger partial charge in [0.25, 0.3) is 5.56 Å². The van der Waals surface area contributed by atoms with Gasteiger partial charge in [-0.25, -0.2) is 4.98 Å². The normalized spacial score (nSPS) is 24.5. The van der Waals surface area contributed by atoms with E-state index in [4.69, 9.17) is 0 Å². The molecule has 0 atom stereocenters. The number of nitrogens with zero attached hydrogens (tertiary/aromatic N) is 1. The zero-order chi connectivity index (χ0) is 13.3. The van der Waals surface area contributed by atoms with Crippen LogP contribution in [0.3, 0.4) is 0 Å². The lowest BCUT2D eigenvalue weighted by atomic mass is 9.77. The molecule has 2 rings (SSSR count). The number of hydrogen-bond acceptors (Lipinski definition) is 2. The van der Waals surface area contributed by atoms with E-state index in [1.54, 1.807) is 0 Å². The first-order valence-electron chi connectivity index (χ1n) is 6.75. The minimum absolute atomic E-state index is 0.0523. The van der Waals surface area contributed by atoms with Crippen molar-refractivity contribution in [1.82, 2.24) is 9.97 Å². The van der Waals surface area contributed by atoms with Crippen molar-refractivity contribution in [3.8, 4) is 0 Å². The van der Waals surface area contributed by atoms with E-state index in [0.29, 0.717) is 10.4 Å². The van der Waals surface area contributed by atoms with Crippen LogP contribution in [0.2, 0.25) is 0 Å². The molecule has 1 aliphatic rings. The summed E-state index contributed by atoms with van der Waals surface area (Å²) in [5.74, 6) is 2.91. The monoisotopic (exact) mass is 312 g/mol. The highest BCUT2D eigenvalue weighted by atomic mass is 79.9. The van der Waals surface area contributed by atoms with Crippen LogP contribution in [0.15, 0.2) is 9.27 Å². The van der Waals surface area contributed by atoms with Gasteiger partial charge in [-0.05, 0) is 60.4 Å². The standard InChI is InChI=1S/C14H21BrN2O/c1-8(2)10-4-6-11(7-5-10)13-16-9(3)12(15)14(18)17-13/h8,10-11H,4-7H2,1-3H3,(H,16,17,18). The lowest BCUT2D eigenvalue weighted by Crippen LogP contribution is -2.22. The van der Waals surface area contributed by atoms with E-state index >= 15 is 0 Å². The van der Waals surface area contributed by atoms with Crippen LogP contribution >= 0.6 is 15.9 Å². The maximum Gasteiger partial charge on any atom is 0.265 e. The first-order valence-corrected chi connectivity index (χ1v) is 7.54. The molecule has 0 aliphatic heterocycles. The first kappa shape index (κ1) is 13.8. The highest BCUT2D eigenvalue weighted by Crippen LogP contribution is 2.37. The number of hydrogen-bond donors (Lipinski definition) is 1. The lowest BCUT2D eigenvalue weighted by molar-refractivity contribution is 0.254. The second-order valence-corrected chi connectivity index (χ2v) is 6.50. The van der Waals surface area contributed by atoms with Crippen molar-refractivity contribution in [2.24, 2.45) is 11.8 Å². The third kappa shape index (κ3) is 2.85. The third-order valence-corrected chi connectivity index (χ3v) is 5.08. The van der Waals surface area contributed by atoms with Gasteiger partial charge in [0.05, 0.1) is 5.69 Å². The minimum Gasteiger partial charge on any atom is -0.309 e. The van der Waals surface area contributed by atoms with E-state index in [0.717, 1.165) is 36.2 Å². The predicted octanol–water partition coefficient (Wildman–Crippen LogP) is 3.77. The highest BCUT2D eigenvalue weighted by molar-refractivity contribution is 9.10. The third-order valence-electron chi connectivity index (χ3n) is 4.15. The van der Waals surface area contributed by atoms with E-state index in [1.807, 2.05) is 6.92 Å². The summed E-state index contributed by atoms with van der Waals surface area (Å²) in [6.45, 7) is 6.48. The van der Waals surface area contributed by atoms with Crippen molar-refractivity contribution in [1.29, 1.82) is 0 Å². The quantitative estimate of drug-likeness (QED) is 0.903. The molecule has 0 aromatic carbocycles. The second-order valence-electron chi connectivity index (χ2n) is 5.71. The summed E-state index contributed by atoms with van der Waals surface area (Å²) in [5, 5.41) is 0. The van der Waals surface area contributed by atoms with Gasteiger partial charge in [0.1, 0.15) is 10.3 Å². The highest BCUT2D eigenvalue weighted by Gasteiger charge is 2.26. The molecule has 0 bridgehead atoms. The molecule has 1 aromatic heterocycles. The Hall–Kier alpha value is -0.640. The Bertz CT molecular complexity index is 473. The Kier molecular flexibility index (Phi) is 4.25. The Morgan fingerprint density at radius 2 is 1.89 bits per heavy atom. The van der Waals surface area contributed by atoms with E-state index in [2.05, 4.69) is 39.7 Å². The minimum atomic E-state index is -0.0523. The predicted molar refractivity (Wildman–Crippen MR) is 76.8 cm³/mol. The Labute approximate surface area is 117 Å². The lowest BCUT2D eigenvalue weighted by Gasteiger charge is -2.30. The molecular weight excluding hydrogens is 292 g/mol. The summed E-state index contributed by atoms with van der Waals surface area (Å²) < 4.78 is 0.558. The van der Waals surface area contributed by atoms with Crippen LogP contribution in [0, 0.1) is 18.8 Å². The van der Waals surface area contributed by atoms with Gasteiger partial charge < -0.3 is 4.98 Å². The Morgan fingerprint density at radius 3 is 2.39 bits per heavy atom. The Balaban J connectivity index is 2.13. The molecule has 0 radical (unpaired) electrons. The molecule has 1 heterocycles. The molecule has 1 aliphatic carbocycles. The van der Waals surface area contributed by atoms with Crippen molar-refractivity contribution >= 4 is 15.9 Å². The summed E-state index contributed by atoms with van der Waals surface area (Å²) in [4.78, 5) is 19.2. The number of nitrogens with one attached hydrogen (secondary N) is 1. The number of aryl methyl sites for hydroxylation is 1. The van der Waals surface area contributed by atoms with Gasteiger partial charge in [0.15, 0.2) is 0 Å². The average molecular weight is 313 g/mol. The molecular formula is C14H21BrN2O. The molecule has 3 nitrogen and oxygen atoms in total. The van der Waals surface area contributed by atoms with Gasteiger partial charge in [-0.2, -0.15) is 0 Å². The number of H-pyrrole nitrogens is 1. The van der Waals surface area contributed by atoms with Crippen LogP contribution in [-0.2, 0) is 0 Å². The molecule has 1 fully saturated rings. The van der Waals surface area contributed by atoms with Crippen LogP contribution < -0.4 is 5.56 Å². The van der Waals surface area contributed by atoms with E-state index < -0.39 is 0 Å². The van der Waals surface area contributed by atoms with Crippen molar-refractivity contribution in [2.45, 2.75) is 52.4 Å². The number of rotatable bonds is 2. The van der Waals surface area contributed by atoms with Crippen molar-refractivity contribution in [3.05, 3.63) is 26.3 Å². The molecule has 0 saturated heterocycles. The summed E-state index contributed by atoms with van der Waals surface area (Å²) in [7, 11) is 0. The summed E-state index contributed by atoms with van der Waals surface area (Å²) in [6, 6.07) is 0. The Morgan fingerprint density at radius 1 is 1.28 bits per heavy atom. The van der Waals surface area contributed by atoms with Crippen molar-refractivity contribution in [3.63, 3.8) is 0 Å². The van der Waals surface area contributed by atoms with E-state index in [1.165, 1.54) is 12.8 Å². The zero-order valence-electron chi connectivity index (χ0n) is 11.3. The fourth-order valence-corrected chi connectivity index (χ4v) is 3.03. The van der Waals surface area contributed by atoms with Crippen LogP contribution in [0.25, 0.3) is 0 Å².